The molecule has 0 saturated carbocycles. The van der Waals surface area contributed by atoms with Crippen LogP contribution in [0.4, 0.5) is 5.69 Å². The normalized spacial score (nSPS) is 11.7. The van der Waals surface area contributed by atoms with Gasteiger partial charge in [0.1, 0.15) is 0 Å². The van der Waals surface area contributed by atoms with Crippen molar-refractivity contribution in [2.75, 3.05) is 11.0 Å². The standard InChI is InChI=1S/C14H13N3O2S2/c1-9-5-14(10-7-15-20-8-10)16-13-4-3-11(6-12(9)13)17-21(2,18)19/h3-8,17H,1-2H3. The van der Waals surface area contributed by atoms with Gasteiger partial charge in [0.2, 0.25) is 10.0 Å². The van der Waals surface area contributed by atoms with Crippen LogP contribution in [-0.2, 0) is 10.0 Å². The van der Waals surface area contributed by atoms with Crippen molar-refractivity contribution in [2.45, 2.75) is 6.92 Å². The molecule has 0 aliphatic rings. The minimum Gasteiger partial charge on any atom is -0.284 e. The maximum atomic E-state index is 11.3. The van der Waals surface area contributed by atoms with Crippen LogP contribution < -0.4 is 4.72 Å². The molecule has 0 amide bonds. The second-order valence-electron chi connectivity index (χ2n) is 4.84. The monoisotopic (exact) mass is 319 g/mol. The van der Waals surface area contributed by atoms with E-state index in [1.807, 2.05) is 24.4 Å². The molecule has 0 atom stereocenters. The molecule has 108 valence electrons. The molecule has 1 aromatic carbocycles. The number of aromatic nitrogens is 2. The fourth-order valence-electron chi connectivity index (χ4n) is 2.15. The van der Waals surface area contributed by atoms with Crippen molar-refractivity contribution in [1.82, 2.24) is 9.36 Å². The Morgan fingerprint density at radius 3 is 2.71 bits per heavy atom. The minimum atomic E-state index is -3.28. The molecule has 2 heterocycles. The molecular formula is C14H13N3O2S2. The average Bonchev–Trinajstić information content (AvgIpc) is 2.91. The molecule has 0 saturated heterocycles. The summed E-state index contributed by atoms with van der Waals surface area (Å²) in [4.78, 5) is 4.61. The SMILES string of the molecule is Cc1cc(-c2cnsc2)nc2ccc(NS(C)(=O)=O)cc12. The molecule has 0 aliphatic carbocycles. The first kappa shape index (κ1) is 14.0. The van der Waals surface area contributed by atoms with Gasteiger partial charge in [-0.15, -0.1) is 0 Å². The van der Waals surface area contributed by atoms with Gasteiger partial charge in [0, 0.05) is 22.0 Å². The predicted octanol–water partition coefficient (Wildman–Crippen LogP) is 3.04. The van der Waals surface area contributed by atoms with E-state index in [1.54, 1.807) is 18.3 Å². The van der Waals surface area contributed by atoms with Crippen LogP contribution in [0.5, 0.6) is 0 Å². The van der Waals surface area contributed by atoms with Crippen molar-refractivity contribution in [3.63, 3.8) is 0 Å². The molecule has 0 radical (unpaired) electrons. The van der Waals surface area contributed by atoms with E-state index in [0.29, 0.717) is 5.69 Å². The van der Waals surface area contributed by atoms with Gasteiger partial charge in [0.25, 0.3) is 0 Å². The molecule has 5 nitrogen and oxygen atoms in total. The third-order valence-corrected chi connectivity index (χ3v) is 4.24. The Hall–Kier alpha value is -1.99. The van der Waals surface area contributed by atoms with Crippen LogP contribution >= 0.6 is 11.5 Å². The van der Waals surface area contributed by atoms with Gasteiger partial charge in [0.15, 0.2) is 0 Å². The van der Waals surface area contributed by atoms with E-state index >= 15 is 0 Å². The zero-order valence-electron chi connectivity index (χ0n) is 11.5. The van der Waals surface area contributed by atoms with E-state index in [-0.39, 0.29) is 0 Å². The van der Waals surface area contributed by atoms with Crippen molar-refractivity contribution in [3.05, 3.63) is 41.4 Å². The number of aryl methyl sites for hydroxylation is 1. The van der Waals surface area contributed by atoms with E-state index < -0.39 is 10.0 Å². The average molecular weight is 319 g/mol. The Labute approximate surface area is 126 Å². The molecule has 3 aromatic rings. The van der Waals surface area contributed by atoms with E-state index in [2.05, 4.69) is 14.1 Å². The first-order valence-corrected chi connectivity index (χ1v) is 8.94. The second-order valence-corrected chi connectivity index (χ2v) is 7.25. The van der Waals surface area contributed by atoms with Gasteiger partial charge in [0.05, 0.1) is 23.7 Å². The maximum Gasteiger partial charge on any atom is 0.229 e. The van der Waals surface area contributed by atoms with Crippen molar-refractivity contribution in [2.24, 2.45) is 0 Å². The number of nitrogens with zero attached hydrogens (tertiary/aromatic N) is 2. The van der Waals surface area contributed by atoms with Crippen LogP contribution in [0.15, 0.2) is 35.8 Å². The molecule has 0 aliphatic heterocycles. The van der Waals surface area contributed by atoms with E-state index in [9.17, 15) is 8.42 Å². The summed E-state index contributed by atoms with van der Waals surface area (Å²) in [5.74, 6) is 0. The number of fused-ring (bicyclic) bond motifs is 1. The van der Waals surface area contributed by atoms with Crippen molar-refractivity contribution >= 4 is 38.1 Å². The number of sulfonamides is 1. The number of anilines is 1. The summed E-state index contributed by atoms with van der Waals surface area (Å²) in [6.45, 7) is 1.98. The van der Waals surface area contributed by atoms with Gasteiger partial charge >= 0.3 is 0 Å². The fourth-order valence-corrected chi connectivity index (χ4v) is 3.24. The molecule has 21 heavy (non-hydrogen) atoms. The lowest BCUT2D eigenvalue weighted by atomic mass is 10.1. The summed E-state index contributed by atoms with van der Waals surface area (Å²) in [6, 6.07) is 7.31. The van der Waals surface area contributed by atoms with Crippen molar-refractivity contribution < 1.29 is 8.42 Å². The fraction of sp³-hybridized carbons (Fsp3) is 0.143. The first-order valence-electron chi connectivity index (χ1n) is 6.21. The zero-order chi connectivity index (χ0) is 15.0. The maximum absolute atomic E-state index is 11.3. The Bertz CT molecular complexity index is 903. The molecule has 3 rings (SSSR count). The van der Waals surface area contributed by atoms with E-state index in [1.165, 1.54) is 11.5 Å². The Morgan fingerprint density at radius 2 is 2.05 bits per heavy atom. The van der Waals surface area contributed by atoms with Gasteiger partial charge in [-0.1, -0.05) is 0 Å². The van der Waals surface area contributed by atoms with Gasteiger partial charge in [-0.05, 0) is 48.3 Å². The number of hydrogen-bond acceptors (Lipinski definition) is 5. The summed E-state index contributed by atoms with van der Waals surface area (Å²) in [7, 11) is -3.28. The topological polar surface area (TPSA) is 72.0 Å². The minimum absolute atomic E-state index is 0.542. The number of hydrogen-bond donors (Lipinski definition) is 1. The third-order valence-electron chi connectivity index (χ3n) is 3.05. The number of rotatable bonds is 3. The van der Waals surface area contributed by atoms with Crippen LogP contribution in [-0.4, -0.2) is 24.0 Å². The Kier molecular flexibility index (Phi) is 3.38. The lowest BCUT2D eigenvalue weighted by molar-refractivity contribution is 0.607. The van der Waals surface area contributed by atoms with Gasteiger partial charge in [-0.3, -0.25) is 4.72 Å². The highest BCUT2D eigenvalue weighted by atomic mass is 32.2. The number of pyridine rings is 1. The van der Waals surface area contributed by atoms with E-state index in [0.717, 1.165) is 34.0 Å². The summed E-state index contributed by atoms with van der Waals surface area (Å²) in [6.07, 6.45) is 2.92. The third kappa shape index (κ3) is 3.03. The number of benzene rings is 1. The smallest absolute Gasteiger partial charge is 0.229 e. The summed E-state index contributed by atoms with van der Waals surface area (Å²) in [5, 5.41) is 2.88. The van der Waals surface area contributed by atoms with E-state index in [4.69, 9.17) is 0 Å². The van der Waals surface area contributed by atoms with Crippen molar-refractivity contribution in [1.29, 1.82) is 0 Å². The van der Waals surface area contributed by atoms with Crippen LogP contribution in [0.3, 0.4) is 0 Å². The molecule has 0 fully saturated rings. The summed E-state index contributed by atoms with van der Waals surface area (Å²) < 4.78 is 29.2. The van der Waals surface area contributed by atoms with Crippen LogP contribution in [0.1, 0.15) is 5.56 Å². The quantitative estimate of drug-likeness (QED) is 0.805. The van der Waals surface area contributed by atoms with Crippen LogP contribution in [0.25, 0.3) is 22.2 Å². The highest BCUT2D eigenvalue weighted by molar-refractivity contribution is 7.92. The molecular weight excluding hydrogens is 306 g/mol. The lowest BCUT2D eigenvalue weighted by Crippen LogP contribution is -2.09. The molecule has 7 heteroatoms. The predicted molar refractivity (Wildman–Crippen MR) is 86.1 cm³/mol. The Morgan fingerprint density at radius 1 is 1.24 bits per heavy atom. The van der Waals surface area contributed by atoms with Crippen LogP contribution in [0.2, 0.25) is 0 Å². The summed E-state index contributed by atoms with van der Waals surface area (Å²) >= 11 is 1.39. The van der Waals surface area contributed by atoms with Gasteiger partial charge in [-0.25, -0.2) is 17.8 Å². The molecule has 2 aromatic heterocycles. The Balaban J connectivity index is 2.12. The first-order chi connectivity index (χ1) is 9.92. The molecule has 0 spiro atoms. The molecule has 0 bridgehead atoms. The van der Waals surface area contributed by atoms with Crippen molar-refractivity contribution in [3.8, 4) is 11.3 Å². The highest BCUT2D eigenvalue weighted by Crippen LogP contribution is 2.27. The molecule has 1 N–H and O–H groups in total. The van der Waals surface area contributed by atoms with Gasteiger partial charge in [-0.2, -0.15) is 0 Å². The molecule has 0 unspecified atom stereocenters. The zero-order valence-corrected chi connectivity index (χ0v) is 13.1. The second kappa shape index (κ2) is 5.09. The van der Waals surface area contributed by atoms with Gasteiger partial charge < -0.3 is 0 Å². The summed E-state index contributed by atoms with van der Waals surface area (Å²) in [5.41, 5.74) is 4.27. The largest absolute Gasteiger partial charge is 0.284 e. The lowest BCUT2D eigenvalue weighted by Gasteiger charge is -2.08. The van der Waals surface area contributed by atoms with Crippen LogP contribution in [0, 0.1) is 6.92 Å². The highest BCUT2D eigenvalue weighted by Gasteiger charge is 2.08. The number of nitrogens with one attached hydrogen (secondary N) is 1.